The van der Waals surface area contributed by atoms with Gasteiger partial charge in [0.1, 0.15) is 0 Å². The lowest BCUT2D eigenvalue weighted by atomic mass is 10.1. The maximum Gasteiger partial charge on any atom is 0.401 e. The highest BCUT2D eigenvalue weighted by Crippen LogP contribution is 2.20. The monoisotopic (exact) mass is 449 g/mol. The molecule has 1 fully saturated rings. The van der Waals surface area contributed by atoms with E-state index in [-0.39, 0.29) is 24.0 Å². The Balaban J connectivity index is 2.00. The molecule has 1 aromatic rings. The average Bonchev–Trinajstić information content (AvgIpc) is 3.01. The number of halogens is 3. The Kier molecular flexibility index (Phi) is 7.75. The summed E-state index contributed by atoms with van der Waals surface area (Å²) < 4.78 is 65.8. The molecule has 30 heavy (non-hydrogen) atoms. The Morgan fingerprint density at radius 1 is 1.23 bits per heavy atom. The van der Waals surface area contributed by atoms with E-state index in [2.05, 4.69) is 20.3 Å². The predicted octanol–water partition coefficient (Wildman–Crippen LogP) is 2.06. The first-order valence-corrected chi connectivity index (χ1v) is 11.2. The van der Waals surface area contributed by atoms with E-state index in [1.807, 2.05) is 0 Å². The minimum absolute atomic E-state index is 0.167. The number of aliphatic imine (C=N–C) groups is 1. The normalized spacial score (nSPS) is 19.2. The fourth-order valence-electron chi connectivity index (χ4n) is 3.28. The third kappa shape index (κ3) is 7.77. The topological polar surface area (TPSA) is 85.8 Å². The highest BCUT2D eigenvalue weighted by atomic mass is 32.2. The molecular weight excluding hydrogens is 419 g/mol. The van der Waals surface area contributed by atoms with Crippen LogP contribution in [0.1, 0.15) is 32.8 Å². The minimum atomic E-state index is -4.22. The van der Waals surface area contributed by atoms with Gasteiger partial charge in [0.2, 0.25) is 10.0 Å². The number of rotatable bonds is 6. The van der Waals surface area contributed by atoms with Crippen molar-refractivity contribution < 1.29 is 21.6 Å². The molecule has 2 rings (SSSR count). The molecule has 0 saturated carbocycles. The van der Waals surface area contributed by atoms with Crippen LogP contribution in [-0.2, 0) is 16.6 Å². The third-order valence-corrected chi connectivity index (χ3v) is 6.25. The highest BCUT2D eigenvalue weighted by molar-refractivity contribution is 7.89. The van der Waals surface area contributed by atoms with Gasteiger partial charge in [-0.2, -0.15) is 13.2 Å². The predicted molar refractivity (Wildman–Crippen MR) is 111 cm³/mol. The van der Waals surface area contributed by atoms with Crippen LogP contribution >= 0.6 is 0 Å². The second-order valence-electron chi connectivity index (χ2n) is 8.37. The van der Waals surface area contributed by atoms with Crippen molar-refractivity contribution in [2.45, 2.75) is 56.4 Å². The second kappa shape index (κ2) is 9.52. The molecular formula is C19H30F3N5O2S. The lowest BCUT2D eigenvalue weighted by Gasteiger charge is -2.22. The zero-order valence-corrected chi connectivity index (χ0v) is 18.5. The van der Waals surface area contributed by atoms with Crippen molar-refractivity contribution in [2.75, 3.05) is 26.7 Å². The van der Waals surface area contributed by atoms with Crippen LogP contribution in [0.3, 0.4) is 0 Å². The van der Waals surface area contributed by atoms with E-state index in [0.717, 1.165) is 0 Å². The van der Waals surface area contributed by atoms with E-state index in [1.54, 1.807) is 46.0 Å². The molecule has 0 bridgehead atoms. The van der Waals surface area contributed by atoms with E-state index >= 15 is 0 Å². The average molecular weight is 450 g/mol. The quantitative estimate of drug-likeness (QED) is 0.457. The summed E-state index contributed by atoms with van der Waals surface area (Å²) in [6.07, 6.45) is -3.65. The van der Waals surface area contributed by atoms with Gasteiger partial charge in [0.25, 0.3) is 0 Å². The van der Waals surface area contributed by atoms with Gasteiger partial charge in [0.15, 0.2) is 5.96 Å². The summed E-state index contributed by atoms with van der Waals surface area (Å²) in [7, 11) is -2.16. The Morgan fingerprint density at radius 3 is 2.50 bits per heavy atom. The first-order chi connectivity index (χ1) is 13.8. The van der Waals surface area contributed by atoms with Crippen LogP contribution in [0.5, 0.6) is 0 Å². The summed E-state index contributed by atoms with van der Waals surface area (Å²) in [5, 5.41) is 6.17. The van der Waals surface area contributed by atoms with E-state index in [4.69, 9.17) is 0 Å². The molecule has 0 aromatic heterocycles. The minimum Gasteiger partial charge on any atom is -0.352 e. The van der Waals surface area contributed by atoms with Gasteiger partial charge < -0.3 is 10.6 Å². The van der Waals surface area contributed by atoms with Gasteiger partial charge in [-0.15, -0.1) is 0 Å². The number of hydrogen-bond acceptors (Lipinski definition) is 4. The molecule has 1 saturated heterocycles. The number of likely N-dealkylation sites (tertiary alicyclic amines) is 1. The van der Waals surface area contributed by atoms with Crippen LogP contribution in [0.15, 0.2) is 34.2 Å². The standard InChI is InChI=1S/C19H30F3N5O2S/c1-18(2,3)26-30(28,29)16-8-6-5-7-14(16)11-24-17(23-4)25-15-9-10-27(12-15)13-19(20,21)22/h5-8,15,26H,9-13H2,1-4H3,(H2,23,24,25). The van der Waals surface area contributed by atoms with Gasteiger partial charge in [-0.3, -0.25) is 9.89 Å². The van der Waals surface area contributed by atoms with Gasteiger partial charge in [0.05, 0.1) is 11.4 Å². The van der Waals surface area contributed by atoms with Gasteiger partial charge in [0, 0.05) is 38.3 Å². The van der Waals surface area contributed by atoms with Crippen molar-refractivity contribution in [2.24, 2.45) is 4.99 Å². The van der Waals surface area contributed by atoms with E-state index in [9.17, 15) is 21.6 Å². The molecule has 1 aliphatic heterocycles. The molecule has 0 radical (unpaired) electrons. The smallest absolute Gasteiger partial charge is 0.352 e. The lowest BCUT2D eigenvalue weighted by Crippen LogP contribution is -2.45. The summed E-state index contributed by atoms with van der Waals surface area (Å²) in [4.78, 5) is 5.63. The lowest BCUT2D eigenvalue weighted by molar-refractivity contribution is -0.143. The summed E-state index contributed by atoms with van der Waals surface area (Å²) >= 11 is 0. The van der Waals surface area contributed by atoms with Crippen molar-refractivity contribution in [3.8, 4) is 0 Å². The molecule has 0 amide bonds. The summed E-state index contributed by atoms with van der Waals surface area (Å²) in [6, 6.07) is 6.47. The van der Waals surface area contributed by atoms with Crippen molar-refractivity contribution in [3.63, 3.8) is 0 Å². The van der Waals surface area contributed by atoms with Gasteiger partial charge in [-0.1, -0.05) is 18.2 Å². The number of guanidine groups is 1. The fourth-order valence-corrected chi connectivity index (χ4v) is 4.94. The first kappa shape index (κ1) is 24.4. The molecule has 3 N–H and O–H groups in total. The van der Waals surface area contributed by atoms with Crippen molar-refractivity contribution in [1.82, 2.24) is 20.3 Å². The van der Waals surface area contributed by atoms with Crippen molar-refractivity contribution in [3.05, 3.63) is 29.8 Å². The Bertz CT molecular complexity index is 850. The molecule has 1 unspecified atom stereocenters. The van der Waals surface area contributed by atoms with Crippen LogP contribution in [0, 0.1) is 0 Å². The Hall–Kier alpha value is -1.85. The maximum atomic E-state index is 12.7. The molecule has 7 nitrogen and oxygen atoms in total. The van der Waals surface area contributed by atoms with Gasteiger partial charge >= 0.3 is 6.18 Å². The Morgan fingerprint density at radius 2 is 1.90 bits per heavy atom. The van der Waals surface area contributed by atoms with Crippen LogP contribution in [0.2, 0.25) is 0 Å². The highest BCUT2D eigenvalue weighted by Gasteiger charge is 2.34. The zero-order chi connectivity index (χ0) is 22.6. The maximum absolute atomic E-state index is 12.7. The van der Waals surface area contributed by atoms with E-state index < -0.39 is 28.3 Å². The molecule has 1 aromatic carbocycles. The largest absolute Gasteiger partial charge is 0.401 e. The molecule has 0 aliphatic carbocycles. The van der Waals surface area contributed by atoms with E-state index in [1.165, 1.54) is 11.0 Å². The molecule has 170 valence electrons. The van der Waals surface area contributed by atoms with Crippen LogP contribution in [-0.4, -0.2) is 63.7 Å². The molecule has 1 atom stereocenters. The van der Waals surface area contributed by atoms with Gasteiger partial charge in [-0.05, 0) is 38.8 Å². The zero-order valence-electron chi connectivity index (χ0n) is 17.7. The van der Waals surface area contributed by atoms with Gasteiger partial charge in [-0.25, -0.2) is 13.1 Å². The number of benzene rings is 1. The Labute approximate surface area is 176 Å². The van der Waals surface area contributed by atoms with Crippen LogP contribution in [0.25, 0.3) is 0 Å². The molecule has 1 heterocycles. The number of alkyl halides is 3. The summed E-state index contributed by atoms with van der Waals surface area (Å²) in [5.41, 5.74) is -0.0656. The first-order valence-electron chi connectivity index (χ1n) is 9.67. The molecule has 11 heteroatoms. The van der Waals surface area contributed by atoms with Crippen molar-refractivity contribution >= 4 is 16.0 Å². The molecule has 1 aliphatic rings. The van der Waals surface area contributed by atoms with Crippen molar-refractivity contribution in [1.29, 1.82) is 0 Å². The summed E-state index contributed by atoms with van der Waals surface area (Å²) in [5.74, 6) is 0.407. The number of nitrogens with one attached hydrogen (secondary N) is 3. The van der Waals surface area contributed by atoms with Crippen LogP contribution in [0.4, 0.5) is 13.2 Å². The molecule has 0 spiro atoms. The number of nitrogens with zero attached hydrogens (tertiary/aromatic N) is 2. The number of sulfonamides is 1. The third-order valence-electron chi connectivity index (χ3n) is 4.39. The SMILES string of the molecule is CN=C(NCc1ccccc1S(=O)(=O)NC(C)(C)C)NC1CCN(CC(F)(F)F)C1. The fraction of sp³-hybridized carbons (Fsp3) is 0.632. The summed E-state index contributed by atoms with van der Waals surface area (Å²) in [6.45, 7) is 5.18. The van der Waals surface area contributed by atoms with E-state index in [0.29, 0.717) is 24.5 Å². The number of hydrogen-bond donors (Lipinski definition) is 3. The van der Waals surface area contributed by atoms with Crippen LogP contribution < -0.4 is 15.4 Å². The second-order valence-corrected chi connectivity index (χ2v) is 10.0.